The van der Waals surface area contributed by atoms with E-state index in [1.165, 1.54) is 19.3 Å². The van der Waals surface area contributed by atoms with Crippen LogP contribution in [0.15, 0.2) is 0 Å². The van der Waals surface area contributed by atoms with E-state index in [9.17, 15) is 4.79 Å². The van der Waals surface area contributed by atoms with Crippen molar-refractivity contribution in [2.75, 3.05) is 6.54 Å². The van der Waals surface area contributed by atoms with Gasteiger partial charge in [0.2, 0.25) is 5.91 Å². The van der Waals surface area contributed by atoms with Crippen LogP contribution in [0, 0.1) is 5.92 Å². The number of hydrogen-bond acceptors (Lipinski definition) is 2. The molecular formula is C9H18N2O. The molecule has 1 heterocycles. The summed E-state index contributed by atoms with van der Waals surface area (Å²) in [4.78, 5) is 10.8. The number of primary amides is 1. The van der Waals surface area contributed by atoms with Gasteiger partial charge in [0.1, 0.15) is 0 Å². The number of hydrogen-bond donors (Lipinski definition) is 2. The summed E-state index contributed by atoms with van der Waals surface area (Å²) < 4.78 is 0. The van der Waals surface area contributed by atoms with E-state index in [0.717, 1.165) is 13.0 Å². The van der Waals surface area contributed by atoms with Gasteiger partial charge in [-0.25, -0.2) is 0 Å². The van der Waals surface area contributed by atoms with Crippen molar-refractivity contribution in [2.24, 2.45) is 11.7 Å². The summed E-state index contributed by atoms with van der Waals surface area (Å²) >= 11 is 0. The maximum absolute atomic E-state index is 10.8. The number of amides is 1. The molecule has 0 spiro atoms. The zero-order chi connectivity index (χ0) is 8.97. The molecule has 1 aliphatic heterocycles. The van der Waals surface area contributed by atoms with Gasteiger partial charge < -0.3 is 11.1 Å². The van der Waals surface area contributed by atoms with E-state index in [4.69, 9.17) is 5.73 Å². The van der Waals surface area contributed by atoms with Gasteiger partial charge in [-0.3, -0.25) is 4.79 Å². The van der Waals surface area contributed by atoms with Crippen LogP contribution in [0.5, 0.6) is 0 Å². The van der Waals surface area contributed by atoms with Crippen molar-refractivity contribution in [3.05, 3.63) is 0 Å². The monoisotopic (exact) mass is 170 g/mol. The highest BCUT2D eigenvalue weighted by Gasteiger charge is 2.18. The molecule has 0 radical (unpaired) electrons. The van der Waals surface area contributed by atoms with Crippen LogP contribution < -0.4 is 11.1 Å². The van der Waals surface area contributed by atoms with Crippen LogP contribution in [0.3, 0.4) is 0 Å². The van der Waals surface area contributed by atoms with Crippen molar-refractivity contribution in [1.82, 2.24) is 5.32 Å². The van der Waals surface area contributed by atoms with Crippen molar-refractivity contribution >= 4 is 5.91 Å². The third-order valence-electron chi connectivity index (χ3n) is 2.54. The van der Waals surface area contributed by atoms with Crippen molar-refractivity contribution in [2.45, 2.75) is 38.6 Å². The van der Waals surface area contributed by atoms with Crippen LogP contribution in [0.25, 0.3) is 0 Å². The standard InChI is InChI=1S/C9H18N2O/c1-7(9(10)12)6-8-4-2-3-5-11-8/h7-8,11H,2-6H2,1H3,(H2,10,12). The van der Waals surface area contributed by atoms with Gasteiger partial charge >= 0.3 is 0 Å². The van der Waals surface area contributed by atoms with Crippen LogP contribution in [0.4, 0.5) is 0 Å². The zero-order valence-electron chi connectivity index (χ0n) is 7.68. The lowest BCUT2D eigenvalue weighted by atomic mass is 9.95. The van der Waals surface area contributed by atoms with Crippen LogP contribution >= 0.6 is 0 Å². The Kier molecular flexibility index (Phi) is 3.53. The number of rotatable bonds is 3. The van der Waals surface area contributed by atoms with Crippen molar-refractivity contribution < 1.29 is 4.79 Å². The highest BCUT2D eigenvalue weighted by atomic mass is 16.1. The fourth-order valence-electron chi connectivity index (χ4n) is 1.67. The van der Waals surface area contributed by atoms with Crippen molar-refractivity contribution in [3.8, 4) is 0 Å². The maximum atomic E-state index is 10.8. The molecular weight excluding hydrogens is 152 g/mol. The second-order valence-electron chi connectivity index (χ2n) is 3.69. The summed E-state index contributed by atoms with van der Waals surface area (Å²) in [6.45, 7) is 2.99. The van der Waals surface area contributed by atoms with Gasteiger partial charge in [-0.15, -0.1) is 0 Å². The fourth-order valence-corrected chi connectivity index (χ4v) is 1.67. The zero-order valence-corrected chi connectivity index (χ0v) is 7.68. The lowest BCUT2D eigenvalue weighted by Gasteiger charge is -2.24. The number of carbonyl (C=O) groups excluding carboxylic acids is 1. The molecule has 2 atom stereocenters. The third kappa shape index (κ3) is 2.81. The molecule has 1 fully saturated rings. The Bertz CT molecular complexity index is 153. The molecule has 70 valence electrons. The summed E-state index contributed by atoms with van der Waals surface area (Å²) in [6.07, 6.45) is 4.64. The summed E-state index contributed by atoms with van der Waals surface area (Å²) in [7, 11) is 0. The number of carbonyl (C=O) groups is 1. The number of nitrogens with one attached hydrogen (secondary N) is 1. The third-order valence-corrected chi connectivity index (χ3v) is 2.54. The molecule has 3 heteroatoms. The second kappa shape index (κ2) is 4.45. The second-order valence-corrected chi connectivity index (χ2v) is 3.69. The average Bonchev–Trinajstić information content (AvgIpc) is 2.06. The smallest absolute Gasteiger partial charge is 0.220 e. The normalized spacial score (nSPS) is 26.6. The summed E-state index contributed by atoms with van der Waals surface area (Å²) in [5, 5.41) is 3.40. The summed E-state index contributed by atoms with van der Waals surface area (Å²) in [5.41, 5.74) is 5.19. The first kappa shape index (κ1) is 9.52. The molecule has 0 saturated carbocycles. The van der Waals surface area contributed by atoms with E-state index >= 15 is 0 Å². The SMILES string of the molecule is CC(CC1CCCCN1)C(N)=O. The van der Waals surface area contributed by atoms with Gasteiger partial charge in [-0.1, -0.05) is 13.3 Å². The minimum atomic E-state index is -0.178. The predicted octanol–water partition coefficient (Wildman–Crippen LogP) is 0.640. The Morgan fingerprint density at radius 2 is 2.42 bits per heavy atom. The molecule has 3 N–H and O–H groups in total. The molecule has 12 heavy (non-hydrogen) atoms. The van der Waals surface area contributed by atoms with E-state index in [0.29, 0.717) is 6.04 Å². The predicted molar refractivity (Wildman–Crippen MR) is 48.6 cm³/mol. The van der Waals surface area contributed by atoms with Crippen LogP contribution in [-0.2, 0) is 4.79 Å². The topological polar surface area (TPSA) is 55.1 Å². The van der Waals surface area contributed by atoms with Gasteiger partial charge in [0, 0.05) is 12.0 Å². The Balaban J connectivity index is 2.24. The quantitative estimate of drug-likeness (QED) is 0.653. The Morgan fingerprint density at radius 1 is 1.67 bits per heavy atom. The summed E-state index contributed by atoms with van der Waals surface area (Å²) in [5.74, 6) is -0.164. The highest BCUT2D eigenvalue weighted by Crippen LogP contribution is 2.14. The molecule has 0 aliphatic carbocycles. The molecule has 0 aromatic heterocycles. The maximum Gasteiger partial charge on any atom is 0.220 e. The fraction of sp³-hybridized carbons (Fsp3) is 0.889. The van der Waals surface area contributed by atoms with Gasteiger partial charge in [0.15, 0.2) is 0 Å². The Hall–Kier alpha value is -0.570. The summed E-state index contributed by atoms with van der Waals surface area (Å²) in [6, 6.07) is 0.515. The molecule has 3 nitrogen and oxygen atoms in total. The van der Waals surface area contributed by atoms with Gasteiger partial charge in [-0.05, 0) is 25.8 Å². The lowest BCUT2D eigenvalue weighted by Crippen LogP contribution is -2.37. The van der Waals surface area contributed by atoms with Gasteiger partial charge in [-0.2, -0.15) is 0 Å². The first-order valence-electron chi connectivity index (χ1n) is 4.73. The molecule has 0 aromatic carbocycles. The van der Waals surface area contributed by atoms with Gasteiger partial charge in [0.05, 0.1) is 0 Å². The minimum absolute atomic E-state index is 0.0144. The largest absolute Gasteiger partial charge is 0.369 e. The average molecular weight is 170 g/mol. The molecule has 2 unspecified atom stereocenters. The first-order chi connectivity index (χ1) is 5.70. The van der Waals surface area contributed by atoms with E-state index in [1.54, 1.807) is 0 Å². The van der Waals surface area contributed by atoms with Crippen LogP contribution in [-0.4, -0.2) is 18.5 Å². The van der Waals surface area contributed by atoms with Crippen LogP contribution in [0.2, 0.25) is 0 Å². The molecule has 1 rings (SSSR count). The molecule has 1 aliphatic rings. The highest BCUT2D eigenvalue weighted by molar-refractivity contribution is 5.76. The first-order valence-corrected chi connectivity index (χ1v) is 4.73. The van der Waals surface area contributed by atoms with Crippen molar-refractivity contribution in [1.29, 1.82) is 0 Å². The van der Waals surface area contributed by atoms with Crippen LogP contribution in [0.1, 0.15) is 32.6 Å². The number of piperidine rings is 1. The van der Waals surface area contributed by atoms with E-state index in [2.05, 4.69) is 5.32 Å². The van der Waals surface area contributed by atoms with Gasteiger partial charge in [0.25, 0.3) is 0 Å². The Morgan fingerprint density at radius 3 is 2.92 bits per heavy atom. The lowest BCUT2D eigenvalue weighted by molar-refractivity contribution is -0.121. The van der Waals surface area contributed by atoms with E-state index < -0.39 is 0 Å². The van der Waals surface area contributed by atoms with E-state index in [1.807, 2.05) is 6.92 Å². The molecule has 1 amide bonds. The molecule has 1 saturated heterocycles. The molecule has 0 bridgehead atoms. The minimum Gasteiger partial charge on any atom is -0.369 e. The molecule has 0 aromatic rings. The number of nitrogens with two attached hydrogens (primary N) is 1. The van der Waals surface area contributed by atoms with E-state index in [-0.39, 0.29) is 11.8 Å². The van der Waals surface area contributed by atoms with Crippen molar-refractivity contribution in [3.63, 3.8) is 0 Å². The Labute approximate surface area is 73.7 Å².